The van der Waals surface area contributed by atoms with Gasteiger partial charge in [0.1, 0.15) is 0 Å². The minimum Gasteiger partial charge on any atom is -0.375 e. The first-order valence-electron chi connectivity index (χ1n) is 9.79. The van der Waals surface area contributed by atoms with Crippen LogP contribution in [0.15, 0.2) is 46.0 Å². The van der Waals surface area contributed by atoms with Crippen LogP contribution < -0.4 is 15.6 Å². The summed E-state index contributed by atoms with van der Waals surface area (Å²) in [6, 6.07) is 10.5. The molecule has 0 unspecified atom stereocenters. The number of halogens is 1. The van der Waals surface area contributed by atoms with E-state index in [4.69, 9.17) is 0 Å². The standard InChI is InChI=1S/C21H24BrN5O3/c1-15-5-7-19(18(22)11-15)23-14-21(28)25-24-13-16-12-17(27(29)30)6-8-20(16)26-9-3-2-4-10-26/h5-8,11-13,23H,2-4,9-10,14H2,1H3,(H,25,28). The number of amides is 1. The van der Waals surface area contributed by atoms with Gasteiger partial charge >= 0.3 is 0 Å². The van der Waals surface area contributed by atoms with Crippen LogP contribution in [0.4, 0.5) is 17.1 Å². The van der Waals surface area contributed by atoms with Gasteiger partial charge in [0.2, 0.25) is 0 Å². The van der Waals surface area contributed by atoms with Gasteiger partial charge in [0.15, 0.2) is 0 Å². The van der Waals surface area contributed by atoms with Gasteiger partial charge in [-0.3, -0.25) is 14.9 Å². The van der Waals surface area contributed by atoms with Crippen LogP contribution in [0.5, 0.6) is 0 Å². The second kappa shape index (κ2) is 10.2. The summed E-state index contributed by atoms with van der Waals surface area (Å²) in [6.45, 7) is 3.84. The molecule has 1 saturated heterocycles. The Morgan fingerprint density at radius 2 is 2.00 bits per heavy atom. The van der Waals surface area contributed by atoms with Crippen LogP contribution in [0.25, 0.3) is 0 Å². The molecule has 0 spiro atoms. The van der Waals surface area contributed by atoms with Gasteiger partial charge in [0.25, 0.3) is 11.6 Å². The summed E-state index contributed by atoms with van der Waals surface area (Å²) in [5.74, 6) is -0.316. The number of nitrogens with one attached hydrogen (secondary N) is 2. The number of aryl methyl sites for hydroxylation is 1. The molecule has 9 heteroatoms. The van der Waals surface area contributed by atoms with E-state index in [1.807, 2.05) is 25.1 Å². The predicted octanol–water partition coefficient (Wildman–Crippen LogP) is 4.22. The summed E-state index contributed by atoms with van der Waals surface area (Å²) in [5.41, 5.74) is 5.90. The molecular formula is C21H24BrN5O3. The van der Waals surface area contributed by atoms with E-state index in [9.17, 15) is 14.9 Å². The van der Waals surface area contributed by atoms with E-state index < -0.39 is 4.92 Å². The molecule has 8 nitrogen and oxygen atoms in total. The number of hydrogen-bond donors (Lipinski definition) is 2. The zero-order valence-corrected chi connectivity index (χ0v) is 18.3. The summed E-state index contributed by atoms with van der Waals surface area (Å²) in [6.07, 6.45) is 4.83. The molecule has 2 N–H and O–H groups in total. The van der Waals surface area contributed by atoms with Crippen molar-refractivity contribution in [2.24, 2.45) is 5.10 Å². The normalized spacial score (nSPS) is 14.0. The van der Waals surface area contributed by atoms with E-state index >= 15 is 0 Å². The van der Waals surface area contributed by atoms with Crippen LogP contribution in [0.3, 0.4) is 0 Å². The maximum atomic E-state index is 12.1. The maximum absolute atomic E-state index is 12.1. The number of nitro benzene ring substituents is 1. The topological polar surface area (TPSA) is 99.9 Å². The van der Waals surface area contributed by atoms with Crippen molar-refractivity contribution < 1.29 is 9.72 Å². The van der Waals surface area contributed by atoms with Crippen molar-refractivity contribution in [3.05, 3.63) is 62.1 Å². The third-order valence-corrected chi connectivity index (χ3v) is 5.53. The molecule has 3 rings (SSSR count). The molecule has 1 fully saturated rings. The van der Waals surface area contributed by atoms with Gasteiger partial charge in [-0.2, -0.15) is 5.10 Å². The average Bonchev–Trinajstić information content (AvgIpc) is 2.73. The lowest BCUT2D eigenvalue weighted by Gasteiger charge is -2.29. The first kappa shape index (κ1) is 21.8. The number of anilines is 2. The minimum atomic E-state index is -0.431. The number of rotatable bonds is 7. The lowest BCUT2D eigenvalue weighted by Crippen LogP contribution is -2.30. The van der Waals surface area contributed by atoms with Crippen LogP contribution >= 0.6 is 15.9 Å². The molecule has 0 atom stereocenters. The van der Waals surface area contributed by atoms with Gasteiger partial charge in [-0.15, -0.1) is 0 Å². The number of non-ortho nitro benzene ring substituents is 1. The monoisotopic (exact) mass is 473 g/mol. The summed E-state index contributed by atoms with van der Waals surface area (Å²) >= 11 is 3.46. The van der Waals surface area contributed by atoms with Crippen molar-refractivity contribution in [1.29, 1.82) is 0 Å². The molecule has 0 radical (unpaired) electrons. The first-order valence-corrected chi connectivity index (χ1v) is 10.6. The predicted molar refractivity (Wildman–Crippen MR) is 122 cm³/mol. The maximum Gasteiger partial charge on any atom is 0.270 e. The summed E-state index contributed by atoms with van der Waals surface area (Å²) in [5, 5.41) is 18.2. The molecule has 2 aromatic rings. The lowest BCUT2D eigenvalue weighted by molar-refractivity contribution is -0.384. The Morgan fingerprint density at radius 3 is 2.70 bits per heavy atom. The van der Waals surface area contributed by atoms with Gasteiger partial charge < -0.3 is 10.2 Å². The molecule has 0 aromatic heterocycles. The van der Waals surface area contributed by atoms with E-state index in [0.717, 1.165) is 47.3 Å². The second-order valence-electron chi connectivity index (χ2n) is 7.18. The zero-order valence-electron chi connectivity index (χ0n) is 16.7. The Hall–Kier alpha value is -2.94. The molecule has 1 amide bonds. The third-order valence-electron chi connectivity index (χ3n) is 4.88. The van der Waals surface area contributed by atoms with Crippen molar-refractivity contribution in [2.75, 3.05) is 29.9 Å². The summed E-state index contributed by atoms with van der Waals surface area (Å²) in [7, 11) is 0. The van der Waals surface area contributed by atoms with Crippen molar-refractivity contribution in [1.82, 2.24) is 5.43 Å². The molecular weight excluding hydrogens is 450 g/mol. The molecule has 0 aliphatic carbocycles. The Kier molecular flexibility index (Phi) is 7.40. The third kappa shape index (κ3) is 5.79. The number of piperidine rings is 1. The quantitative estimate of drug-likeness (QED) is 0.356. The molecule has 1 aliphatic rings. The smallest absolute Gasteiger partial charge is 0.270 e. The van der Waals surface area contributed by atoms with Gasteiger partial charge in [-0.05, 0) is 65.9 Å². The average molecular weight is 474 g/mol. The zero-order chi connectivity index (χ0) is 21.5. The molecule has 158 valence electrons. The number of hydrogen-bond acceptors (Lipinski definition) is 6. The van der Waals surface area contributed by atoms with Crippen LogP contribution in [0, 0.1) is 17.0 Å². The highest BCUT2D eigenvalue weighted by Crippen LogP contribution is 2.27. The highest BCUT2D eigenvalue weighted by molar-refractivity contribution is 9.10. The fourth-order valence-electron chi connectivity index (χ4n) is 3.33. The fourth-order valence-corrected chi connectivity index (χ4v) is 3.97. The van der Waals surface area contributed by atoms with Crippen LogP contribution in [-0.2, 0) is 4.79 Å². The van der Waals surface area contributed by atoms with Crippen molar-refractivity contribution in [2.45, 2.75) is 26.2 Å². The fraction of sp³-hybridized carbons (Fsp3) is 0.333. The summed E-state index contributed by atoms with van der Waals surface area (Å²) < 4.78 is 0.876. The van der Waals surface area contributed by atoms with Crippen LogP contribution in [0.2, 0.25) is 0 Å². The first-order chi connectivity index (χ1) is 14.4. The Bertz CT molecular complexity index is 958. The van der Waals surface area contributed by atoms with Crippen molar-refractivity contribution in [3.8, 4) is 0 Å². The minimum absolute atomic E-state index is 0.00516. The lowest BCUT2D eigenvalue weighted by atomic mass is 10.1. The molecule has 0 saturated carbocycles. The molecule has 30 heavy (non-hydrogen) atoms. The van der Waals surface area contributed by atoms with Gasteiger partial charge in [0, 0.05) is 46.6 Å². The number of nitrogens with zero attached hydrogens (tertiary/aromatic N) is 3. The number of carbonyl (C=O) groups is 1. The van der Waals surface area contributed by atoms with E-state index in [0.29, 0.717) is 5.56 Å². The van der Waals surface area contributed by atoms with Gasteiger partial charge in [-0.1, -0.05) is 6.07 Å². The van der Waals surface area contributed by atoms with E-state index in [1.165, 1.54) is 24.8 Å². The SMILES string of the molecule is Cc1ccc(NCC(=O)NN=Cc2cc([N+](=O)[O-])ccc2N2CCCCC2)c(Br)c1. The number of carbonyl (C=O) groups excluding carboxylic acids is 1. The second-order valence-corrected chi connectivity index (χ2v) is 8.03. The number of hydrazone groups is 1. The molecule has 2 aromatic carbocycles. The van der Waals surface area contributed by atoms with Crippen molar-refractivity contribution >= 4 is 45.1 Å². The van der Waals surface area contributed by atoms with Gasteiger partial charge in [-0.25, -0.2) is 5.43 Å². The Morgan fingerprint density at radius 1 is 1.23 bits per heavy atom. The van der Waals surface area contributed by atoms with Crippen LogP contribution in [-0.4, -0.2) is 36.7 Å². The summed E-state index contributed by atoms with van der Waals surface area (Å²) in [4.78, 5) is 25.1. The van der Waals surface area contributed by atoms with Crippen LogP contribution in [0.1, 0.15) is 30.4 Å². The Balaban J connectivity index is 1.65. The highest BCUT2D eigenvalue weighted by Gasteiger charge is 2.17. The largest absolute Gasteiger partial charge is 0.375 e. The molecule has 1 aliphatic heterocycles. The highest BCUT2D eigenvalue weighted by atomic mass is 79.9. The molecule has 0 bridgehead atoms. The van der Waals surface area contributed by atoms with E-state index in [-0.39, 0.29) is 18.1 Å². The van der Waals surface area contributed by atoms with E-state index in [2.05, 4.69) is 36.7 Å². The Labute approximate surface area is 183 Å². The van der Waals surface area contributed by atoms with Crippen molar-refractivity contribution in [3.63, 3.8) is 0 Å². The van der Waals surface area contributed by atoms with E-state index in [1.54, 1.807) is 6.07 Å². The molecule has 1 heterocycles. The number of benzene rings is 2. The number of nitro groups is 1. The van der Waals surface area contributed by atoms with Gasteiger partial charge in [0.05, 0.1) is 17.7 Å².